The molecule has 0 unspecified atom stereocenters. The van der Waals surface area contributed by atoms with E-state index in [0.717, 1.165) is 0 Å². The van der Waals surface area contributed by atoms with Crippen LogP contribution >= 0.6 is 0 Å². The molecule has 0 aliphatic rings. The van der Waals surface area contributed by atoms with Gasteiger partial charge in [0.1, 0.15) is 0 Å². The van der Waals surface area contributed by atoms with Crippen LogP contribution in [0.15, 0.2) is 30.5 Å². The zero-order valence-electron chi connectivity index (χ0n) is 12.6. The summed E-state index contributed by atoms with van der Waals surface area (Å²) in [5.74, 6) is -3.19. The summed E-state index contributed by atoms with van der Waals surface area (Å²) < 4.78 is 65.9. The molecule has 0 aromatic carbocycles. The van der Waals surface area contributed by atoms with Gasteiger partial charge in [0, 0.05) is 28.8 Å². The molecule has 0 fully saturated rings. The summed E-state index contributed by atoms with van der Waals surface area (Å²) in [6.07, 6.45) is -4.75. The fraction of sp³-hybridized carbons (Fsp3) is 0.375. The van der Waals surface area contributed by atoms with Crippen LogP contribution in [0.3, 0.4) is 0 Å². The molecule has 2 nitrogen and oxygen atoms in total. The molecule has 2 aromatic heterocycles. The highest BCUT2D eigenvalue weighted by molar-refractivity contribution is 5.28. The minimum absolute atomic E-state index is 0.0119. The van der Waals surface area contributed by atoms with E-state index in [4.69, 9.17) is 0 Å². The van der Waals surface area contributed by atoms with E-state index in [1.807, 2.05) is 0 Å². The molecule has 2 aromatic rings. The van der Waals surface area contributed by atoms with E-state index in [1.54, 1.807) is 0 Å². The van der Waals surface area contributed by atoms with Crippen molar-refractivity contribution in [3.05, 3.63) is 58.7 Å². The van der Waals surface area contributed by atoms with Crippen LogP contribution in [0.25, 0.3) is 0 Å². The molecule has 0 N–H and O–H groups in total. The average molecular weight is 330 g/mol. The maximum absolute atomic E-state index is 14.3. The molecule has 23 heavy (non-hydrogen) atoms. The summed E-state index contributed by atoms with van der Waals surface area (Å²) in [5, 5.41) is 0. The van der Waals surface area contributed by atoms with Gasteiger partial charge in [0.2, 0.25) is 0 Å². The van der Waals surface area contributed by atoms with Gasteiger partial charge in [0.25, 0.3) is 5.92 Å². The van der Waals surface area contributed by atoms with Gasteiger partial charge in [0.15, 0.2) is 0 Å². The minimum atomic E-state index is -4.36. The van der Waals surface area contributed by atoms with Crippen molar-refractivity contribution in [3.63, 3.8) is 0 Å². The summed E-state index contributed by atoms with van der Waals surface area (Å²) in [7, 11) is 0. The lowest BCUT2D eigenvalue weighted by molar-refractivity contribution is -0.127. The van der Waals surface area contributed by atoms with Gasteiger partial charge in [-0.25, -0.2) is 8.78 Å². The number of hydrogen-bond acceptors (Lipinski definition) is 2. The first-order chi connectivity index (χ1) is 10.6. The lowest BCUT2D eigenvalue weighted by Gasteiger charge is -2.18. The van der Waals surface area contributed by atoms with Crippen LogP contribution in [0, 0.1) is 13.8 Å². The maximum Gasteiger partial charge on any atom is 0.393 e. The summed E-state index contributed by atoms with van der Waals surface area (Å²) in [5.41, 5.74) is 0.143. The van der Waals surface area contributed by atoms with Crippen LogP contribution in [0.4, 0.5) is 22.0 Å². The Bertz CT molecular complexity index is 695. The number of rotatable bonds is 4. The van der Waals surface area contributed by atoms with E-state index >= 15 is 0 Å². The smallest absolute Gasteiger partial charge is 0.261 e. The van der Waals surface area contributed by atoms with E-state index < -0.39 is 24.9 Å². The second kappa shape index (κ2) is 6.22. The van der Waals surface area contributed by atoms with Gasteiger partial charge in [-0.1, -0.05) is 6.07 Å². The quantitative estimate of drug-likeness (QED) is 0.770. The molecule has 124 valence electrons. The van der Waals surface area contributed by atoms with Crippen molar-refractivity contribution >= 4 is 0 Å². The third kappa shape index (κ3) is 4.46. The van der Waals surface area contributed by atoms with Gasteiger partial charge in [-0.3, -0.25) is 9.97 Å². The summed E-state index contributed by atoms with van der Waals surface area (Å²) in [6.45, 7) is 2.87. The number of aromatic nitrogens is 2. The lowest BCUT2D eigenvalue weighted by atomic mass is 10.0. The third-order valence-electron chi connectivity index (χ3n) is 3.45. The summed E-state index contributed by atoms with van der Waals surface area (Å²) >= 11 is 0. The molecule has 7 heteroatoms. The Morgan fingerprint density at radius 2 is 1.61 bits per heavy atom. The molecule has 0 aliphatic heterocycles. The first-order valence-electron chi connectivity index (χ1n) is 6.90. The molecule has 0 atom stereocenters. The van der Waals surface area contributed by atoms with Crippen molar-refractivity contribution in [2.45, 2.75) is 38.8 Å². The molecule has 0 spiro atoms. The van der Waals surface area contributed by atoms with E-state index in [2.05, 4.69) is 9.97 Å². The van der Waals surface area contributed by atoms with Gasteiger partial charge >= 0.3 is 6.18 Å². The number of pyridine rings is 2. The Balaban J connectivity index is 2.23. The Morgan fingerprint density at radius 3 is 2.17 bits per heavy atom. The highest BCUT2D eigenvalue weighted by atomic mass is 19.4. The number of hydrogen-bond donors (Lipinski definition) is 0. The monoisotopic (exact) mass is 330 g/mol. The van der Waals surface area contributed by atoms with Crippen molar-refractivity contribution < 1.29 is 22.0 Å². The van der Waals surface area contributed by atoms with Crippen LogP contribution in [-0.2, 0) is 18.8 Å². The fourth-order valence-corrected chi connectivity index (χ4v) is 2.34. The molecule has 0 bridgehead atoms. The number of halogens is 5. The predicted molar refractivity (Wildman–Crippen MR) is 75.3 cm³/mol. The fourth-order valence-electron chi connectivity index (χ4n) is 2.34. The van der Waals surface area contributed by atoms with E-state index in [9.17, 15) is 22.0 Å². The Kier molecular flexibility index (Phi) is 4.68. The molecular weight excluding hydrogens is 315 g/mol. The zero-order valence-corrected chi connectivity index (χ0v) is 12.6. The van der Waals surface area contributed by atoms with Gasteiger partial charge in [-0.05, 0) is 37.6 Å². The average Bonchev–Trinajstić information content (AvgIpc) is 2.40. The van der Waals surface area contributed by atoms with Crippen molar-refractivity contribution in [1.82, 2.24) is 9.97 Å². The topological polar surface area (TPSA) is 25.8 Å². The van der Waals surface area contributed by atoms with Gasteiger partial charge < -0.3 is 0 Å². The van der Waals surface area contributed by atoms with Crippen LogP contribution in [0.2, 0.25) is 0 Å². The first kappa shape index (κ1) is 17.3. The second-order valence-corrected chi connectivity index (χ2v) is 5.36. The van der Waals surface area contributed by atoms with Crippen molar-refractivity contribution in [3.8, 4) is 0 Å². The molecule has 2 heterocycles. The SMILES string of the molecule is Cc1nc(CC(F)(F)c2cccnc2C)ccc1CC(F)(F)F. The standard InChI is InChI=1S/C16H15F5N2/c1-10-12(8-16(19,20)21)5-6-13(23-10)9-15(17,18)14-4-3-7-22-11(14)2/h3-7H,8-9H2,1-2H3. The van der Waals surface area contributed by atoms with Crippen molar-refractivity contribution in [2.24, 2.45) is 0 Å². The maximum atomic E-state index is 14.3. The molecule has 2 rings (SSSR count). The largest absolute Gasteiger partial charge is 0.393 e. The molecule has 0 radical (unpaired) electrons. The molecule has 0 aliphatic carbocycles. The highest BCUT2D eigenvalue weighted by Gasteiger charge is 2.35. The Morgan fingerprint density at radius 1 is 0.913 bits per heavy atom. The zero-order chi connectivity index (χ0) is 17.3. The minimum Gasteiger partial charge on any atom is -0.261 e. The highest BCUT2D eigenvalue weighted by Crippen LogP contribution is 2.33. The lowest BCUT2D eigenvalue weighted by Crippen LogP contribution is -2.20. The predicted octanol–water partition coefficient (Wildman–Crippen LogP) is 4.53. The second-order valence-electron chi connectivity index (χ2n) is 5.36. The molecular formula is C16H15F5N2. The Hall–Kier alpha value is -2.05. The number of aryl methyl sites for hydroxylation is 2. The van der Waals surface area contributed by atoms with Crippen molar-refractivity contribution in [2.75, 3.05) is 0 Å². The summed E-state index contributed by atoms with van der Waals surface area (Å²) in [4.78, 5) is 7.73. The van der Waals surface area contributed by atoms with Gasteiger partial charge in [0.05, 0.1) is 12.8 Å². The van der Waals surface area contributed by atoms with E-state index in [0.29, 0.717) is 0 Å². The van der Waals surface area contributed by atoms with Crippen LogP contribution in [-0.4, -0.2) is 16.1 Å². The molecule has 0 saturated carbocycles. The third-order valence-corrected chi connectivity index (χ3v) is 3.45. The molecule has 0 amide bonds. The van der Waals surface area contributed by atoms with E-state index in [1.165, 1.54) is 44.3 Å². The normalized spacial score (nSPS) is 12.5. The number of alkyl halides is 5. The molecule has 0 saturated heterocycles. The first-order valence-corrected chi connectivity index (χ1v) is 6.90. The van der Waals surface area contributed by atoms with E-state index in [-0.39, 0.29) is 28.2 Å². The van der Waals surface area contributed by atoms with Crippen molar-refractivity contribution in [1.29, 1.82) is 0 Å². The van der Waals surface area contributed by atoms with Gasteiger partial charge in [-0.15, -0.1) is 0 Å². The van der Waals surface area contributed by atoms with Crippen LogP contribution < -0.4 is 0 Å². The number of nitrogens with zero attached hydrogens (tertiary/aromatic N) is 2. The Labute approximate surface area is 130 Å². The van der Waals surface area contributed by atoms with Crippen LogP contribution in [0.1, 0.15) is 28.2 Å². The van der Waals surface area contributed by atoms with Crippen LogP contribution in [0.5, 0.6) is 0 Å². The van der Waals surface area contributed by atoms with Gasteiger partial charge in [-0.2, -0.15) is 13.2 Å². The summed E-state index contributed by atoms with van der Waals surface area (Å²) in [6, 6.07) is 5.12.